The Morgan fingerprint density at radius 3 is 2.59 bits per heavy atom. The van der Waals surface area contributed by atoms with Gasteiger partial charge in [-0.05, 0) is 36.4 Å². The molecule has 0 fully saturated rings. The number of fused-ring (bicyclic) bond motifs is 4. The molecular weight excluding hydrogens is 451 g/mol. The Morgan fingerprint density at radius 1 is 0.971 bits per heavy atom. The van der Waals surface area contributed by atoms with Gasteiger partial charge < -0.3 is 9.47 Å². The molecule has 1 aliphatic heterocycles. The third-order valence-electron chi connectivity index (χ3n) is 5.50. The zero-order valence-electron chi connectivity index (χ0n) is 17.3. The van der Waals surface area contributed by atoms with Gasteiger partial charge in [-0.1, -0.05) is 12.1 Å². The van der Waals surface area contributed by atoms with Crippen molar-refractivity contribution in [3.63, 3.8) is 0 Å². The molecule has 0 saturated heterocycles. The number of aromatic nitrogens is 5. The summed E-state index contributed by atoms with van der Waals surface area (Å²) in [6, 6.07) is 11.7. The van der Waals surface area contributed by atoms with Gasteiger partial charge >= 0.3 is 6.18 Å². The zero-order valence-corrected chi connectivity index (χ0v) is 17.3. The fourth-order valence-corrected chi connectivity index (χ4v) is 3.94. The van der Waals surface area contributed by atoms with Crippen LogP contribution in [0.1, 0.15) is 5.56 Å². The first-order chi connectivity index (χ1) is 16.4. The van der Waals surface area contributed by atoms with E-state index >= 15 is 0 Å². The van der Waals surface area contributed by atoms with Gasteiger partial charge in [0.15, 0.2) is 17.3 Å². The largest absolute Gasteiger partial charge is 0.486 e. The standard InChI is InChI=1S/C23H14F3N5O3/c24-23(25,26)15-3-1-2-4-17(15)30-8-7-16-14(21(30)32)12-27-22-28-20(29-31(16)22)13-5-6-18-19(11-13)34-10-9-33-18/h1-8,11-12H,9-10H2. The summed E-state index contributed by atoms with van der Waals surface area (Å²) < 4.78 is 54.0. The Hall–Kier alpha value is -4.41. The van der Waals surface area contributed by atoms with Gasteiger partial charge in [-0.3, -0.25) is 9.36 Å². The van der Waals surface area contributed by atoms with Gasteiger partial charge in [0.2, 0.25) is 0 Å². The van der Waals surface area contributed by atoms with Gasteiger partial charge in [0.25, 0.3) is 11.3 Å². The lowest BCUT2D eigenvalue weighted by molar-refractivity contribution is -0.137. The molecule has 0 radical (unpaired) electrons. The second-order valence-corrected chi connectivity index (χ2v) is 7.57. The Labute approximate surface area is 188 Å². The maximum Gasteiger partial charge on any atom is 0.418 e. The molecule has 2 aromatic carbocycles. The number of nitrogens with zero attached hydrogens (tertiary/aromatic N) is 5. The van der Waals surface area contributed by atoms with Gasteiger partial charge in [0, 0.05) is 18.0 Å². The van der Waals surface area contributed by atoms with Crippen molar-refractivity contribution in [2.45, 2.75) is 6.18 Å². The first kappa shape index (κ1) is 20.2. The molecule has 0 N–H and O–H groups in total. The minimum Gasteiger partial charge on any atom is -0.486 e. The predicted molar refractivity (Wildman–Crippen MR) is 115 cm³/mol. The Balaban J connectivity index is 1.50. The summed E-state index contributed by atoms with van der Waals surface area (Å²) in [4.78, 5) is 21.8. The first-order valence-corrected chi connectivity index (χ1v) is 10.2. The summed E-state index contributed by atoms with van der Waals surface area (Å²) in [5.74, 6) is 1.79. The van der Waals surface area contributed by atoms with E-state index in [4.69, 9.17) is 9.47 Å². The van der Waals surface area contributed by atoms with E-state index in [9.17, 15) is 18.0 Å². The normalized spacial score (nSPS) is 13.5. The average Bonchev–Trinajstić information content (AvgIpc) is 3.28. The molecule has 1 aliphatic rings. The lowest BCUT2D eigenvalue weighted by Crippen LogP contribution is -2.22. The molecule has 0 saturated carbocycles. The molecule has 6 rings (SSSR count). The molecule has 3 aromatic heterocycles. The van der Waals surface area contributed by atoms with Crippen molar-refractivity contribution in [3.8, 4) is 28.6 Å². The number of halogens is 3. The van der Waals surface area contributed by atoms with Crippen LogP contribution in [0.3, 0.4) is 0 Å². The third kappa shape index (κ3) is 3.16. The minimum atomic E-state index is -4.61. The second kappa shape index (κ2) is 7.30. The highest BCUT2D eigenvalue weighted by atomic mass is 19.4. The first-order valence-electron chi connectivity index (χ1n) is 10.2. The lowest BCUT2D eigenvalue weighted by Gasteiger charge is -2.18. The number of ether oxygens (including phenoxy) is 2. The van der Waals surface area contributed by atoms with E-state index in [1.807, 2.05) is 0 Å². The van der Waals surface area contributed by atoms with E-state index in [-0.39, 0.29) is 16.9 Å². The fourth-order valence-electron chi connectivity index (χ4n) is 3.94. The maximum atomic E-state index is 13.5. The van der Waals surface area contributed by atoms with E-state index < -0.39 is 17.3 Å². The molecule has 0 atom stereocenters. The zero-order chi connectivity index (χ0) is 23.4. The van der Waals surface area contributed by atoms with Crippen molar-refractivity contribution >= 4 is 16.7 Å². The van der Waals surface area contributed by atoms with Crippen LogP contribution in [0, 0.1) is 0 Å². The highest BCUT2D eigenvalue weighted by Gasteiger charge is 2.34. The number of hydrogen-bond acceptors (Lipinski definition) is 6. The number of alkyl halides is 3. The van der Waals surface area contributed by atoms with E-state index in [0.717, 1.165) is 10.6 Å². The molecule has 0 unspecified atom stereocenters. The lowest BCUT2D eigenvalue weighted by atomic mass is 10.1. The summed E-state index contributed by atoms with van der Waals surface area (Å²) in [7, 11) is 0. The Bertz CT molecular complexity index is 1640. The molecule has 170 valence electrons. The summed E-state index contributed by atoms with van der Waals surface area (Å²) in [5, 5.41) is 4.58. The third-order valence-corrected chi connectivity index (χ3v) is 5.50. The van der Waals surface area contributed by atoms with Crippen molar-refractivity contribution in [2.75, 3.05) is 13.2 Å². The van der Waals surface area contributed by atoms with Crippen molar-refractivity contribution in [1.82, 2.24) is 24.1 Å². The Morgan fingerprint density at radius 2 is 1.76 bits per heavy atom. The van der Waals surface area contributed by atoms with Gasteiger partial charge in [0.05, 0.1) is 22.2 Å². The number of benzene rings is 2. The number of rotatable bonds is 2. The summed E-state index contributed by atoms with van der Waals surface area (Å²) in [5.41, 5.74) is -0.799. The monoisotopic (exact) mass is 465 g/mol. The molecule has 11 heteroatoms. The van der Waals surface area contributed by atoms with Gasteiger partial charge in [-0.25, -0.2) is 4.98 Å². The predicted octanol–water partition coefficient (Wildman–Crippen LogP) is 3.89. The average molecular weight is 465 g/mol. The molecular formula is C23H14F3N5O3. The van der Waals surface area contributed by atoms with E-state index in [1.54, 1.807) is 18.2 Å². The molecule has 0 bridgehead atoms. The van der Waals surface area contributed by atoms with E-state index in [2.05, 4.69) is 15.1 Å². The molecule has 0 spiro atoms. The van der Waals surface area contributed by atoms with Crippen LogP contribution in [0.25, 0.3) is 33.8 Å². The summed E-state index contributed by atoms with van der Waals surface area (Å²) in [6.07, 6.45) is -2.03. The summed E-state index contributed by atoms with van der Waals surface area (Å²) >= 11 is 0. The molecule has 4 heterocycles. The van der Waals surface area contributed by atoms with E-state index in [1.165, 1.54) is 41.2 Å². The van der Waals surface area contributed by atoms with Crippen LogP contribution in [-0.4, -0.2) is 37.4 Å². The number of para-hydroxylation sites is 1. The van der Waals surface area contributed by atoms with Gasteiger partial charge in [-0.15, -0.1) is 5.10 Å². The topological polar surface area (TPSA) is 83.5 Å². The van der Waals surface area contributed by atoms with Crippen LogP contribution < -0.4 is 15.0 Å². The number of pyridine rings is 1. The van der Waals surface area contributed by atoms with Crippen molar-refractivity contribution in [2.24, 2.45) is 0 Å². The van der Waals surface area contributed by atoms with Crippen LogP contribution >= 0.6 is 0 Å². The SMILES string of the molecule is O=c1c2cnc3nc(-c4ccc5c(c4)OCCO5)nn3c2ccn1-c1ccccc1C(F)(F)F. The van der Waals surface area contributed by atoms with Gasteiger partial charge in [-0.2, -0.15) is 22.7 Å². The molecule has 8 nitrogen and oxygen atoms in total. The molecule has 5 aromatic rings. The second-order valence-electron chi connectivity index (χ2n) is 7.57. The van der Waals surface area contributed by atoms with Crippen molar-refractivity contribution in [1.29, 1.82) is 0 Å². The quantitative estimate of drug-likeness (QED) is 0.394. The fraction of sp³-hybridized carbons (Fsp3) is 0.130. The van der Waals surface area contributed by atoms with Crippen LogP contribution in [0.4, 0.5) is 13.2 Å². The highest BCUT2D eigenvalue weighted by Crippen LogP contribution is 2.35. The summed E-state index contributed by atoms with van der Waals surface area (Å²) in [6.45, 7) is 0.908. The Kier molecular flexibility index (Phi) is 4.34. The van der Waals surface area contributed by atoms with Crippen molar-refractivity contribution in [3.05, 3.63) is 76.8 Å². The van der Waals surface area contributed by atoms with Gasteiger partial charge in [0.1, 0.15) is 13.2 Å². The van der Waals surface area contributed by atoms with Crippen LogP contribution in [0.5, 0.6) is 11.5 Å². The highest BCUT2D eigenvalue weighted by molar-refractivity contribution is 5.79. The molecule has 0 amide bonds. The van der Waals surface area contributed by atoms with Crippen LogP contribution in [0.15, 0.2) is 65.7 Å². The number of hydrogen-bond donors (Lipinski definition) is 0. The van der Waals surface area contributed by atoms with Crippen LogP contribution in [0.2, 0.25) is 0 Å². The smallest absolute Gasteiger partial charge is 0.418 e. The van der Waals surface area contributed by atoms with E-state index in [0.29, 0.717) is 41.6 Å². The van der Waals surface area contributed by atoms with Crippen molar-refractivity contribution < 1.29 is 22.6 Å². The molecule has 0 aliphatic carbocycles. The van der Waals surface area contributed by atoms with Crippen LogP contribution in [-0.2, 0) is 6.18 Å². The minimum absolute atomic E-state index is 0.102. The maximum absolute atomic E-state index is 13.5. The molecule has 34 heavy (non-hydrogen) atoms.